The van der Waals surface area contributed by atoms with Gasteiger partial charge in [0.25, 0.3) is 0 Å². The van der Waals surface area contributed by atoms with E-state index in [-0.39, 0.29) is 24.4 Å². The average Bonchev–Trinajstić information content (AvgIpc) is 2.67. The molecule has 9 heteroatoms. The molecule has 162 valence electrons. The molecule has 0 bridgehead atoms. The number of carbonyl (C=O) groups is 1. The van der Waals surface area contributed by atoms with Crippen molar-refractivity contribution in [3.63, 3.8) is 0 Å². The normalized spacial score (nSPS) is 17.8. The van der Waals surface area contributed by atoms with Crippen LogP contribution in [0.2, 0.25) is 0 Å². The van der Waals surface area contributed by atoms with Gasteiger partial charge in [0, 0.05) is 32.7 Å². The predicted octanol–water partition coefficient (Wildman–Crippen LogP) is 2.31. The van der Waals surface area contributed by atoms with Crippen molar-refractivity contribution >= 4 is 11.9 Å². The number of likely N-dealkylation sites (tertiary alicyclic amines) is 1. The smallest absolute Gasteiger partial charge is 0.369 e. The maximum atomic E-state index is 12.9. The highest BCUT2D eigenvalue weighted by atomic mass is 19.4. The first-order chi connectivity index (χ1) is 13.7. The molecule has 29 heavy (non-hydrogen) atoms. The first-order valence-corrected chi connectivity index (χ1v) is 9.84. The largest absolute Gasteiger partial charge is 0.416 e. The van der Waals surface area contributed by atoms with Crippen LogP contribution in [0.25, 0.3) is 0 Å². The molecule has 1 atom stereocenters. The van der Waals surface area contributed by atoms with Crippen LogP contribution in [0.15, 0.2) is 29.3 Å². The van der Waals surface area contributed by atoms with Gasteiger partial charge in [-0.25, -0.2) is 0 Å². The summed E-state index contributed by atoms with van der Waals surface area (Å²) in [5, 5.41) is 6.60. The Morgan fingerprint density at radius 1 is 1.34 bits per heavy atom. The highest BCUT2D eigenvalue weighted by Gasteiger charge is 2.30. The molecule has 1 saturated heterocycles. The van der Waals surface area contributed by atoms with Gasteiger partial charge in [-0.2, -0.15) is 13.2 Å². The van der Waals surface area contributed by atoms with Crippen LogP contribution < -0.4 is 16.4 Å². The minimum atomic E-state index is -4.33. The summed E-state index contributed by atoms with van der Waals surface area (Å²) in [6.45, 7) is 4.39. The van der Waals surface area contributed by atoms with Gasteiger partial charge in [0.05, 0.1) is 12.1 Å². The number of hydrogen-bond acceptors (Lipinski definition) is 3. The molecule has 1 heterocycles. The van der Waals surface area contributed by atoms with Crippen molar-refractivity contribution in [1.29, 1.82) is 0 Å². The van der Waals surface area contributed by atoms with Crippen LogP contribution in [0, 0.1) is 0 Å². The summed E-state index contributed by atoms with van der Waals surface area (Å²) in [7, 11) is 1.69. The van der Waals surface area contributed by atoms with Crippen molar-refractivity contribution in [2.45, 2.75) is 44.3 Å². The van der Waals surface area contributed by atoms with Crippen molar-refractivity contribution < 1.29 is 18.0 Å². The molecule has 1 aromatic rings. The zero-order chi connectivity index (χ0) is 21.4. The number of nitrogens with zero attached hydrogens (tertiary/aromatic N) is 2. The van der Waals surface area contributed by atoms with Crippen molar-refractivity contribution in [2.75, 3.05) is 33.2 Å². The van der Waals surface area contributed by atoms with Gasteiger partial charge in [-0.05, 0) is 36.8 Å². The van der Waals surface area contributed by atoms with Gasteiger partial charge in [0.2, 0.25) is 5.91 Å². The van der Waals surface area contributed by atoms with E-state index in [4.69, 9.17) is 5.73 Å². The van der Waals surface area contributed by atoms with Crippen LogP contribution in [0.1, 0.15) is 43.2 Å². The Labute approximate surface area is 169 Å². The summed E-state index contributed by atoms with van der Waals surface area (Å²) in [5.41, 5.74) is 5.29. The van der Waals surface area contributed by atoms with E-state index in [9.17, 15) is 18.0 Å². The third kappa shape index (κ3) is 7.56. The third-order valence-electron chi connectivity index (χ3n) is 5.18. The molecule has 1 aliphatic heterocycles. The third-order valence-corrected chi connectivity index (χ3v) is 5.18. The van der Waals surface area contributed by atoms with E-state index in [1.165, 1.54) is 12.1 Å². The summed E-state index contributed by atoms with van der Waals surface area (Å²) in [6, 6.07) is 5.75. The number of rotatable bonds is 7. The van der Waals surface area contributed by atoms with Crippen molar-refractivity contribution in [3.05, 3.63) is 35.4 Å². The molecule has 0 aromatic heterocycles. The first-order valence-electron chi connectivity index (χ1n) is 9.84. The van der Waals surface area contributed by atoms with E-state index >= 15 is 0 Å². The van der Waals surface area contributed by atoms with Crippen LogP contribution in [0.3, 0.4) is 0 Å². The van der Waals surface area contributed by atoms with Crippen LogP contribution in [0.5, 0.6) is 0 Å². The Kier molecular flexibility index (Phi) is 8.31. The number of alkyl halides is 3. The van der Waals surface area contributed by atoms with E-state index in [1.807, 2.05) is 11.8 Å². The van der Waals surface area contributed by atoms with Gasteiger partial charge in [-0.3, -0.25) is 14.7 Å². The number of halogens is 3. The Bertz CT molecular complexity index is 700. The van der Waals surface area contributed by atoms with E-state index in [1.54, 1.807) is 13.1 Å². The van der Waals surface area contributed by atoms with Gasteiger partial charge in [-0.15, -0.1) is 0 Å². The number of primary amides is 1. The molecule has 6 nitrogen and oxygen atoms in total. The number of guanidine groups is 1. The maximum absolute atomic E-state index is 12.9. The Balaban J connectivity index is 1.77. The first kappa shape index (κ1) is 23.0. The molecule has 0 radical (unpaired) electrons. The van der Waals surface area contributed by atoms with E-state index in [0.717, 1.165) is 32.0 Å². The zero-order valence-electron chi connectivity index (χ0n) is 16.9. The van der Waals surface area contributed by atoms with E-state index in [2.05, 4.69) is 15.6 Å². The predicted molar refractivity (Wildman–Crippen MR) is 108 cm³/mol. The highest BCUT2D eigenvalue weighted by molar-refractivity contribution is 5.80. The molecule has 1 amide bonds. The van der Waals surface area contributed by atoms with Gasteiger partial charge in [-0.1, -0.05) is 25.1 Å². The van der Waals surface area contributed by atoms with Crippen LogP contribution in [0.4, 0.5) is 13.2 Å². The Hall–Kier alpha value is -2.29. The topological polar surface area (TPSA) is 82.8 Å². The average molecular weight is 413 g/mol. The van der Waals surface area contributed by atoms with Crippen molar-refractivity contribution in [2.24, 2.45) is 10.7 Å². The van der Waals surface area contributed by atoms with Gasteiger partial charge < -0.3 is 16.4 Å². The molecule has 1 fully saturated rings. The molecule has 0 saturated carbocycles. The lowest BCUT2D eigenvalue weighted by Crippen LogP contribution is -2.50. The minimum Gasteiger partial charge on any atom is -0.369 e. The number of hydrogen-bond donors (Lipinski definition) is 3. The number of benzene rings is 1. The lowest BCUT2D eigenvalue weighted by molar-refractivity contribution is -0.137. The number of amides is 1. The van der Waals surface area contributed by atoms with E-state index < -0.39 is 11.7 Å². The molecule has 0 aliphatic carbocycles. The SMILES string of the molecule is CN=C(NCCC(C)c1cccc(C(F)(F)F)c1)NC1CCN(CC(N)=O)CC1. The lowest BCUT2D eigenvalue weighted by Gasteiger charge is -2.32. The second-order valence-corrected chi connectivity index (χ2v) is 7.47. The van der Waals surface area contributed by atoms with Crippen LogP contribution in [-0.4, -0.2) is 56.0 Å². The fraction of sp³-hybridized carbons (Fsp3) is 0.600. The van der Waals surface area contributed by atoms with Crippen molar-refractivity contribution in [3.8, 4) is 0 Å². The summed E-state index contributed by atoms with van der Waals surface area (Å²) in [4.78, 5) is 17.3. The zero-order valence-corrected chi connectivity index (χ0v) is 16.9. The number of piperidine rings is 1. The Morgan fingerprint density at radius 3 is 2.62 bits per heavy atom. The number of nitrogens with two attached hydrogens (primary N) is 1. The molecule has 0 spiro atoms. The molecule has 2 rings (SSSR count). The monoisotopic (exact) mass is 413 g/mol. The van der Waals surface area contributed by atoms with Crippen LogP contribution in [-0.2, 0) is 11.0 Å². The second-order valence-electron chi connectivity index (χ2n) is 7.47. The molecular weight excluding hydrogens is 383 g/mol. The Morgan fingerprint density at radius 2 is 2.03 bits per heavy atom. The second kappa shape index (κ2) is 10.5. The molecule has 1 aromatic carbocycles. The van der Waals surface area contributed by atoms with Gasteiger partial charge in [0.1, 0.15) is 0 Å². The summed E-state index contributed by atoms with van der Waals surface area (Å²) < 4.78 is 38.6. The minimum absolute atomic E-state index is 0.0139. The fourth-order valence-corrected chi connectivity index (χ4v) is 3.44. The van der Waals surface area contributed by atoms with Crippen molar-refractivity contribution in [1.82, 2.24) is 15.5 Å². The summed E-state index contributed by atoms with van der Waals surface area (Å²) in [5.74, 6) is 0.346. The van der Waals surface area contributed by atoms with Gasteiger partial charge >= 0.3 is 6.18 Å². The number of nitrogens with one attached hydrogen (secondary N) is 2. The summed E-state index contributed by atoms with van der Waals surface area (Å²) >= 11 is 0. The summed E-state index contributed by atoms with van der Waals surface area (Å²) in [6.07, 6.45) is -1.88. The van der Waals surface area contributed by atoms with E-state index in [0.29, 0.717) is 24.5 Å². The quantitative estimate of drug-likeness (QED) is 0.473. The number of aliphatic imine (C=N–C) groups is 1. The number of carbonyl (C=O) groups excluding carboxylic acids is 1. The lowest BCUT2D eigenvalue weighted by atomic mass is 9.96. The molecule has 1 unspecified atom stereocenters. The maximum Gasteiger partial charge on any atom is 0.416 e. The molecular formula is C20H30F3N5O. The fourth-order valence-electron chi connectivity index (χ4n) is 3.44. The highest BCUT2D eigenvalue weighted by Crippen LogP contribution is 2.31. The van der Waals surface area contributed by atoms with Crippen LogP contribution >= 0.6 is 0 Å². The molecule has 1 aliphatic rings. The standard InChI is InChI=1S/C20H30F3N5O/c1-14(15-4-3-5-16(12-15)20(21,22)23)6-9-26-19(25-2)27-17-7-10-28(11-8-17)13-18(24)29/h3-5,12,14,17H,6-11,13H2,1-2H3,(H2,24,29)(H2,25,26,27). The molecule has 4 N–H and O–H groups in total. The van der Waals surface area contributed by atoms with Gasteiger partial charge in [0.15, 0.2) is 5.96 Å².